The summed E-state index contributed by atoms with van der Waals surface area (Å²) in [7, 11) is 0. The number of amides is 4. The maximum absolute atomic E-state index is 14.2. The molecule has 0 bridgehead atoms. The van der Waals surface area contributed by atoms with E-state index < -0.39 is 81.6 Å². The summed E-state index contributed by atoms with van der Waals surface area (Å²) in [5.74, 6) is -8.66. The first kappa shape index (κ1) is 29.6. The maximum atomic E-state index is 14.2. The van der Waals surface area contributed by atoms with Crippen molar-refractivity contribution in [3.05, 3.63) is 58.9 Å². The van der Waals surface area contributed by atoms with Gasteiger partial charge in [0.2, 0.25) is 11.7 Å². The van der Waals surface area contributed by atoms with Crippen molar-refractivity contribution in [2.75, 3.05) is 5.32 Å². The van der Waals surface area contributed by atoms with E-state index in [2.05, 4.69) is 26.3 Å². The number of hydrogen-bond donors (Lipinski definition) is 4. The number of carbonyl (C=O) groups is 5. The number of halogens is 5. The molecule has 0 spiro atoms. The molecule has 1 saturated heterocycles. The quantitative estimate of drug-likeness (QED) is 0.265. The Kier molecular flexibility index (Phi) is 8.35. The van der Waals surface area contributed by atoms with Crippen molar-refractivity contribution in [3.63, 3.8) is 0 Å². The fraction of sp³-hybridized carbons (Fsp3) is 0.385. The van der Waals surface area contributed by atoms with Crippen molar-refractivity contribution in [2.24, 2.45) is 5.92 Å². The number of carbonyl (C=O) groups excluding carboxylic acids is 5. The Morgan fingerprint density at radius 1 is 1.05 bits per heavy atom. The van der Waals surface area contributed by atoms with Gasteiger partial charge in [0, 0.05) is 36.5 Å². The van der Waals surface area contributed by atoms with Gasteiger partial charge >= 0.3 is 6.18 Å². The number of hydrogen-bond acceptors (Lipinski definition) is 6. The molecular formula is C26H24F5N5O5. The van der Waals surface area contributed by atoms with Crippen LogP contribution in [-0.4, -0.2) is 52.5 Å². The van der Waals surface area contributed by atoms with Crippen LogP contribution in [0.5, 0.6) is 0 Å². The van der Waals surface area contributed by atoms with E-state index in [0.717, 1.165) is 6.20 Å². The van der Waals surface area contributed by atoms with Crippen molar-refractivity contribution < 1.29 is 45.9 Å². The number of alkyl halides is 3. The zero-order chi connectivity index (χ0) is 30.1. The predicted molar refractivity (Wildman–Crippen MR) is 131 cm³/mol. The molecule has 4 N–H and O–H groups in total. The molecule has 1 aliphatic heterocycles. The maximum Gasteiger partial charge on any atom is 0.417 e. The number of Topliss-reactive ketones (excluding diaryl/α,β-unsaturated/α-hetero) is 1. The minimum atomic E-state index is -4.82. The van der Waals surface area contributed by atoms with Crippen molar-refractivity contribution in [3.8, 4) is 0 Å². The van der Waals surface area contributed by atoms with Gasteiger partial charge in [0.25, 0.3) is 17.7 Å². The van der Waals surface area contributed by atoms with Gasteiger partial charge in [-0.1, -0.05) is 0 Å². The Bertz CT molecular complexity index is 1410. The third kappa shape index (κ3) is 7.21. The average Bonchev–Trinajstić information content (AvgIpc) is 3.66. The summed E-state index contributed by atoms with van der Waals surface area (Å²) in [6.45, 7) is 1.73. The van der Waals surface area contributed by atoms with Gasteiger partial charge < -0.3 is 21.3 Å². The Balaban J connectivity index is 1.60. The number of aromatic nitrogens is 1. The largest absolute Gasteiger partial charge is 0.417 e. The summed E-state index contributed by atoms with van der Waals surface area (Å²) < 4.78 is 67.4. The van der Waals surface area contributed by atoms with E-state index >= 15 is 0 Å². The van der Waals surface area contributed by atoms with Crippen LogP contribution in [0.2, 0.25) is 0 Å². The molecule has 2 aliphatic rings. The molecule has 15 heteroatoms. The Morgan fingerprint density at radius 3 is 2.34 bits per heavy atom. The highest BCUT2D eigenvalue weighted by Gasteiger charge is 2.38. The van der Waals surface area contributed by atoms with Crippen molar-refractivity contribution in [1.82, 2.24) is 20.9 Å². The van der Waals surface area contributed by atoms with Crippen LogP contribution in [-0.2, 0) is 20.6 Å². The van der Waals surface area contributed by atoms with Gasteiger partial charge in [-0.3, -0.25) is 29.0 Å². The number of nitrogens with one attached hydrogen (secondary N) is 4. The second-order valence-corrected chi connectivity index (χ2v) is 9.94. The molecule has 2 heterocycles. The van der Waals surface area contributed by atoms with E-state index in [4.69, 9.17) is 0 Å². The minimum absolute atomic E-state index is 0.198. The van der Waals surface area contributed by atoms with Crippen LogP contribution in [0.15, 0.2) is 30.6 Å². The number of rotatable bonds is 9. The molecule has 4 rings (SSSR count). The number of anilines is 1. The average molecular weight is 581 g/mol. The van der Waals surface area contributed by atoms with E-state index in [1.54, 1.807) is 6.92 Å². The van der Waals surface area contributed by atoms with Crippen molar-refractivity contribution in [2.45, 2.75) is 56.9 Å². The van der Waals surface area contributed by atoms with Crippen LogP contribution >= 0.6 is 0 Å². The molecule has 0 unspecified atom stereocenters. The van der Waals surface area contributed by atoms with Crippen LogP contribution < -0.4 is 21.3 Å². The highest BCUT2D eigenvalue weighted by atomic mass is 19.4. The zero-order valence-electron chi connectivity index (χ0n) is 21.4. The molecule has 0 radical (unpaired) electrons. The molecule has 41 heavy (non-hydrogen) atoms. The molecular weight excluding hydrogens is 557 g/mol. The van der Waals surface area contributed by atoms with Gasteiger partial charge in [-0.05, 0) is 44.7 Å². The molecule has 10 nitrogen and oxygen atoms in total. The highest BCUT2D eigenvalue weighted by molar-refractivity contribution is 6.38. The SMILES string of the molecule is C[C@@H]1C[C@@H](C[C@H](NC(=O)c2cc(F)c(F)cc2NC(=O)c2cncc(C(F)(F)F)c2)C(=O)C(=O)NC2CC2)C(=O)N1. The lowest BCUT2D eigenvalue weighted by molar-refractivity contribution is -0.139. The first-order valence-corrected chi connectivity index (χ1v) is 12.5. The number of nitrogens with zero attached hydrogens (tertiary/aromatic N) is 1. The molecule has 3 atom stereocenters. The Hall–Kier alpha value is -4.43. The third-order valence-corrected chi connectivity index (χ3v) is 6.56. The first-order valence-electron chi connectivity index (χ1n) is 12.5. The Morgan fingerprint density at radius 2 is 1.73 bits per heavy atom. The van der Waals surface area contributed by atoms with Gasteiger partial charge in [-0.25, -0.2) is 8.78 Å². The van der Waals surface area contributed by atoms with Gasteiger partial charge in [0.1, 0.15) is 0 Å². The van der Waals surface area contributed by atoms with E-state index in [0.29, 0.717) is 43.7 Å². The molecule has 218 valence electrons. The van der Waals surface area contributed by atoms with Crippen LogP contribution in [0, 0.1) is 17.6 Å². The summed E-state index contributed by atoms with van der Waals surface area (Å²) in [6, 6.07) is -0.643. The summed E-state index contributed by atoms with van der Waals surface area (Å²) >= 11 is 0. The molecule has 1 aromatic carbocycles. The van der Waals surface area contributed by atoms with Crippen LogP contribution in [0.1, 0.15) is 58.9 Å². The lowest BCUT2D eigenvalue weighted by atomic mass is 9.93. The first-order chi connectivity index (χ1) is 19.2. The lowest BCUT2D eigenvalue weighted by Crippen LogP contribution is -2.49. The fourth-order valence-electron chi connectivity index (χ4n) is 4.30. The lowest BCUT2D eigenvalue weighted by Gasteiger charge is -2.21. The van der Waals surface area contributed by atoms with Crippen molar-refractivity contribution >= 4 is 35.1 Å². The molecule has 1 saturated carbocycles. The van der Waals surface area contributed by atoms with E-state index in [1.165, 1.54) is 0 Å². The topological polar surface area (TPSA) is 146 Å². The zero-order valence-corrected chi connectivity index (χ0v) is 21.4. The monoisotopic (exact) mass is 581 g/mol. The molecule has 1 aliphatic carbocycles. The van der Waals surface area contributed by atoms with Gasteiger partial charge in [-0.15, -0.1) is 0 Å². The van der Waals surface area contributed by atoms with E-state index in [1.807, 2.05) is 0 Å². The number of benzene rings is 1. The molecule has 2 aromatic rings. The number of ketones is 1. The summed E-state index contributed by atoms with van der Waals surface area (Å²) in [5, 5.41) is 9.48. The normalized spacial score (nSPS) is 19.2. The van der Waals surface area contributed by atoms with Gasteiger partial charge in [0.15, 0.2) is 11.6 Å². The van der Waals surface area contributed by atoms with E-state index in [-0.39, 0.29) is 18.5 Å². The standard InChI is InChI=1S/C26H24F5N5O5/c1-11-4-12(22(38)33-11)6-20(21(37)25(41)34-15-2-3-15)36-24(40)16-7-17(27)18(28)8-19(16)35-23(39)13-5-14(10-32-9-13)26(29,30)31/h5,7-12,15,20H,2-4,6H2,1H3,(H,33,38)(H,34,41)(H,35,39)(H,36,40)/t11-,12+,20+/m1/s1. The predicted octanol–water partition coefficient (Wildman–Crippen LogP) is 2.49. The summed E-state index contributed by atoms with van der Waals surface area (Å²) in [6.07, 6.45) is -2.19. The molecule has 4 amide bonds. The third-order valence-electron chi connectivity index (χ3n) is 6.56. The van der Waals surface area contributed by atoms with Crippen LogP contribution in [0.4, 0.5) is 27.6 Å². The second kappa shape index (κ2) is 11.6. The van der Waals surface area contributed by atoms with Crippen LogP contribution in [0.3, 0.4) is 0 Å². The molecule has 2 fully saturated rings. The minimum Gasteiger partial charge on any atom is -0.353 e. The van der Waals surface area contributed by atoms with Gasteiger partial charge in [0.05, 0.1) is 28.4 Å². The second-order valence-electron chi connectivity index (χ2n) is 9.94. The smallest absolute Gasteiger partial charge is 0.353 e. The summed E-state index contributed by atoms with van der Waals surface area (Å²) in [5.41, 5.74) is -3.17. The number of pyridine rings is 1. The van der Waals surface area contributed by atoms with Crippen molar-refractivity contribution in [1.29, 1.82) is 0 Å². The summed E-state index contributed by atoms with van der Waals surface area (Å²) in [4.78, 5) is 67.0. The van der Waals surface area contributed by atoms with E-state index in [9.17, 15) is 45.9 Å². The highest BCUT2D eigenvalue weighted by Crippen LogP contribution is 2.29. The van der Waals surface area contributed by atoms with Gasteiger partial charge in [-0.2, -0.15) is 13.2 Å². The fourth-order valence-corrected chi connectivity index (χ4v) is 4.30. The Labute approximate surface area is 229 Å². The molecule has 1 aromatic heterocycles. The van der Waals surface area contributed by atoms with Crippen LogP contribution in [0.25, 0.3) is 0 Å².